The second kappa shape index (κ2) is 10.2. The minimum atomic E-state index is -3.64. The number of hydrogen-bond donors (Lipinski definition) is 2. The van der Waals surface area contributed by atoms with Crippen LogP contribution in [0, 0.1) is 0 Å². The summed E-state index contributed by atoms with van der Waals surface area (Å²) in [5.74, 6) is -0.218. The number of nitrogens with zero attached hydrogens (tertiary/aromatic N) is 2. The summed E-state index contributed by atoms with van der Waals surface area (Å²) < 4.78 is 27.6. The molecule has 0 unspecified atom stereocenters. The zero-order valence-corrected chi connectivity index (χ0v) is 19.2. The van der Waals surface area contributed by atoms with Crippen LogP contribution in [0.15, 0.2) is 76.3 Å². The average molecular weight is 471 g/mol. The summed E-state index contributed by atoms with van der Waals surface area (Å²) in [7, 11) is -3.64. The fraction of sp³-hybridized carbons (Fsp3) is 0.261. The van der Waals surface area contributed by atoms with Gasteiger partial charge in [0, 0.05) is 56.2 Å². The van der Waals surface area contributed by atoms with Crippen LogP contribution >= 0.6 is 11.3 Å². The van der Waals surface area contributed by atoms with Gasteiger partial charge < -0.3 is 10.2 Å². The highest BCUT2D eigenvalue weighted by Gasteiger charge is 2.18. The number of carbonyl (C=O) groups excluding carboxylic acids is 1. The number of anilines is 2. The molecule has 2 aromatic carbocycles. The first-order valence-electron chi connectivity index (χ1n) is 10.5. The van der Waals surface area contributed by atoms with Gasteiger partial charge in [-0.15, -0.1) is 11.3 Å². The van der Waals surface area contributed by atoms with E-state index in [2.05, 4.69) is 44.1 Å². The number of rotatable bonds is 8. The van der Waals surface area contributed by atoms with E-state index < -0.39 is 10.0 Å². The first kappa shape index (κ1) is 22.3. The van der Waals surface area contributed by atoms with Crippen molar-refractivity contribution in [3.63, 3.8) is 0 Å². The third-order valence-corrected chi connectivity index (χ3v) is 8.12. The van der Waals surface area contributed by atoms with Crippen molar-refractivity contribution in [3.8, 4) is 0 Å². The van der Waals surface area contributed by atoms with Crippen molar-refractivity contribution in [2.24, 2.45) is 0 Å². The average Bonchev–Trinajstić information content (AvgIpc) is 3.36. The summed E-state index contributed by atoms with van der Waals surface area (Å²) in [4.78, 5) is 17.3. The van der Waals surface area contributed by atoms with Crippen LogP contribution < -0.4 is 14.9 Å². The van der Waals surface area contributed by atoms with E-state index in [1.54, 1.807) is 41.8 Å². The first-order valence-corrected chi connectivity index (χ1v) is 12.8. The topological polar surface area (TPSA) is 81.8 Å². The summed E-state index contributed by atoms with van der Waals surface area (Å²) >= 11 is 1.15. The van der Waals surface area contributed by atoms with Gasteiger partial charge in [0.2, 0.25) is 0 Å². The molecule has 32 heavy (non-hydrogen) atoms. The predicted octanol–water partition coefficient (Wildman–Crippen LogP) is 3.10. The van der Waals surface area contributed by atoms with E-state index in [-0.39, 0.29) is 10.1 Å². The Kier molecular flexibility index (Phi) is 7.09. The molecular weight excluding hydrogens is 444 g/mol. The van der Waals surface area contributed by atoms with Crippen molar-refractivity contribution < 1.29 is 13.2 Å². The summed E-state index contributed by atoms with van der Waals surface area (Å²) in [6.07, 6.45) is 0. The molecule has 1 fully saturated rings. The Hall–Kier alpha value is -2.88. The molecule has 1 aliphatic heterocycles. The van der Waals surface area contributed by atoms with E-state index in [0.29, 0.717) is 17.8 Å². The fourth-order valence-electron chi connectivity index (χ4n) is 3.64. The fourth-order valence-corrected chi connectivity index (χ4v) is 5.69. The summed E-state index contributed by atoms with van der Waals surface area (Å²) in [6, 6.07) is 20.2. The minimum absolute atomic E-state index is 0.218. The Morgan fingerprint density at radius 1 is 0.938 bits per heavy atom. The number of para-hydroxylation sites is 1. The number of carbonyl (C=O) groups is 1. The molecule has 9 heteroatoms. The van der Waals surface area contributed by atoms with E-state index >= 15 is 0 Å². The molecule has 1 aliphatic rings. The van der Waals surface area contributed by atoms with Crippen molar-refractivity contribution in [3.05, 3.63) is 77.7 Å². The molecule has 1 amide bonds. The monoisotopic (exact) mass is 470 g/mol. The van der Waals surface area contributed by atoms with Gasteiger partial charge in [-0.1, -0.05) is 30.3 Å². The maximum absolute atomic E-state index is 12.6. The third kappa shape index (κ3) is 5.67. The molecule has 0 spiro atoms. The van der Waals surface area contributed by atoms with Crippen molar-refractivity contribution in [1.82, 2.24) is 10.2 Å². The molecule has 0 saturated carbocycles. The molecule has 0 aliphatic carbocycles. The van der Waals surface area contributed by atoms with Gasteiger partial charge in [0.1, 0.15) is 4.21 Å². The van der Waals surface area contributed by atoms with E-state index in [4.69, 9.17) is 0 Å². The lowest BCUT2D eigenvalue weighted by atomic mass is 10.2. The van der Waals surface area contributed by atoms with Gasteiger partial charge in [0.15, 0.2) is 0 Å². The Balaban J connectivity index is 1.25. The predicted molar refractivity (Wildman–Crippen MR) is 129 cm³/mol. The van der Waals surface area contributed by atoms with Crippen LogP contribution in [-0.2, 0) is 10.0 Å². The molecule has 2 N–H and O–H groups in total. The van der Waals surface area contributed by atoms with Crippen LogP contribution in [0.3, 0.4) is 0 Å². The van der Waals surface area contributed by atoms with E-state index in [1.807, 2.05) is 6.07 Å². The third-order valence-electron chi connectivity index (χ3n) is 5.34. The van der Waals surface area contributed by atoms with Gasteiger partial charge >= 0.3 is 0 Å². The molecule has 0 bridgehead atoms. The lowest BCUT2D eigenvalue weighted by Crippen LogP contribution is -2.48. The zero-order valence-electron chi connectivity index (χ0n) is 17.6. The molecule has 2 heterocycles. The van der Waals surface area contributed by atoms with Gasteiger partial charge in [0.05, 0.1) is 0 Å². The lowest BCUT2D eigenvalue weighted by molar-refractivity contribution is 0.0948. The number of hydrogen-bond acceptors (Lipinski definition) is 6. The second-order valence-electron chi connectivity index (χ2n) is 7.54. The quantitative estimate of drug-likeness (QED) is 0.529. The molecule has 3 aromatic rings. The van der Waals surface area contributed by atoms with Crippen LogP contribution in [0.5, 0.6) is 0 Å². The number of amides is 1. The van der Waals surface area contributed by atoms with Gasteiger partial charge in [-0.2, -0.15) is 0 Å². The maximum atomic E-state index is 12.6. The number of benzene rings is 2. The molecule has 7 nitrogen and oxygen atoms in total. The second-order valence-corrected chi connectivity index (χ2v) is 10.4. The van der Waals surface area contributed by atoms with Crippen LogP contribution in [0.25, 0.3) is 0 Å². The highest BCUT2D eigenvalue weighted by molar-refractivity contribution is 7.94. The van der Waals surface area contributed by atoms with Crippen LogP contribution in [0.1, 0.15) is 10.4 Å². The summed E-state index contributed by atoms with van der Waals surface area (Å²) in [5.41, 5.74) is 2.03. The molecule has 0 atom stereocenters. The summed E-state index contributed by atoms with van der Waals surface area (Å²) in [6.45, 7) is 5.14. The number of nitrogens with one attached hydrogen (secondary N) is 2. The molecule has 0 radical (unpaired) electrons. The van der Waals surface area contributed by atoms with E-state index in [9.17, 15) is 13.2 Å². The zero-order chi connectivity index (χ0) is 22.4. The maximum Gasteiger partial charge on any atom is 0.271 e. The highest BCUT2D eigenvalue weighted by Crippen LogP contribution is 2.21. The SMILES string of the molecule is O=C(NCCN1CCN(c2ccccc2)CC1)c1cccc(NS(=O)(=O)c2cccs2)c1. The van der Waals surface area contributed by atoms with Gasteiger partial charge in [0.25, 0.3) is 15.9 Å². The van der Waals surface area contributed by atoms with Crippen LogP contribution in [0.4, 0.5) is 11.4 Å². The molecule has 1 saturated heterocycles. The number of sulfonamides is 1. The van der Waals surface area contributed by atoms with Gasteiger partial charge in [-0.25, -0.2) is 8.42 Å². The first-order chi connectivity index (χ1) is 15.5. The summed E-state index contributed by atoms with van der Waals surface area (Å²) in [5, 5.41) is 4.65. The van der Waals surface area contributed by atoms with Crippen LogP contribution in [0.2, 0.25) is 0 Å². The Morgan fingerprint density at radius 2 is 1.72 bits per heavy atom. The number of piperazine rings is 1. The van der Waals surface area contributed by atoms with E-state index in [0.717, 1.165) is 44.1 Å². The number of thiophene rings is 1. The van der Waals surface area contributed by atoms with Gasteiger partial charge in [-0.05, 0) is 41.8 Å². The minimum Gasteiger partial charge on any atom is -0.369 e. The van der Waals surface area contributed by atoms with Crippen molar-refractivity contribution in [1.29, 1.82) is 0 Å². The van der Waals surface area contributed by atoms with Crippen molar-refractivity contribution in [2.75, 3.05) is 48.9 Å². The lowest BCUT2D eigenvalue weighted by Gasteiger charge is -2.36. The van der Waals surface area contributed by atoms with Gasteiger partial charge in [-0.3, -0.25) is 14.4 Å². The van der Waals surface area contributed by atoms with E-state index in [1.165, 1.54) is 5.69 Å². The highest BCUT2D eigenvalue weighted by atomic mass is 32.2. The largest absolute Gasteiger partial charge is 0.369 e. The van der Waals surface area contributed by atoms with Crippen molar-refractivity contribution >= 4 is 38.6 Å². The Labute approximate surface area is 192 Å². The van der Waals surface area contributed by atoms with Crippen molar-refractivity contribution in [2.45, 2.75) is 4.21 Å². The molecule has 1 aromatic heterocycles. The normalized spacial score (nSPS) is 14.8. The Bertz CT molecular complexity index is 1130. The Morgan fingerprint density at radius 3 is 2.44 bits per heavy atom. The smallest absolute Gasteiger partial charge is 0.271 e. The standard InChI is InChI=1S/C23H26N4O3S2/c28-23(19-6-4-7-20(18-19)25-32(29,30)22-10-5-17-31-22)24-11-12-26-13-15-27(16-14-26)21-8-2-1-3-9-21/h1-10,17-18,25H,11-16H2,(H,24,28). The molecule has 168 valence electrons. The molecule has 4 rings (SSSR count). The van der Waals surface area contributed by atoms with Crippen LogP contribution in [-0.4, -0.2) is 58.5 Å². The molecular formula is C23H26N4O3S2.